The zero-order valence-electron chi connectivity index (χ0n) is 10.9. The standard InChI is InChI=1S/C14H14N2O4/c1-20-14(17)7-9-15-8-6-11-4-2-3-5-12(11)13(15)10-16(18)19/h2-9,13H,10H2,1H3/b9-7+. The summed E-state index contributed by atoms with van der Waals surface area (Å²) in [6, 6.07) is 7.04. The predicted molar refractivity (Wildman–Crippen MR) is 73.1 cm³/mol. The number of nitro groups is 1. The van der Waals surface area contributed by atoms with Crippen LogP contribution in [0.2, 0.25) is 0 Å². The monoisotopic (exact) mass is 274 g/mol. The molecule has 1 aromatic rings. The van der Waals surface area contributed by atoms with E-state index in [9.17, 15) is 14.9 Å². The molecule has 0 spiro atoms. The molecule has 2 rings (SSSR count). The lowest BCUT2D eigenvalue weighted by Gasteiger charge is -2.29. The Balaban J connectivity index is 2.31. The third-order valence-electron chi connectivity index (χ3n) is 3.05. The second-order valence-electron chi connectivity index (χ2n) is 4.26. The highest BCUT2D eigenvalue weighted by Crippen LogP contribution is 2.30. The van der Waals surface area contributed by atoms with Crippen molar-refractivity contribution in [1.29, 1.82) is 0 Å². The maximum atomic E-state index is 11.1. The minimum Gasteiger partial charge on any atom is -0.466 e. The van der Waals surface area contributed by atoms with Crippen LogP contribution in [0.15, 0.2) is 42.7 Å². The zero-order valence-corrected chi connectivity index (χ0v) is 10.9. The molecule has 6 nitrogen and oxygen atoms in total. The Kier molecular flexibility index (Phi) is 4.14. The lowest BCUT2D eigenvalue weighted by molar-refractivity contribution is -0.486. The third kappa shape index (κ3) is 3.03. The van der Waals surface area contributed by atoms with Crippen LogP contribution in [-0.4, -0.2) is 29.4 Å². The summed E-state index contributed by atoms with van der Waals surface area (Å²) >= 11 is 0. The number of hydrogen-bond acceptors (Lipinski definition) is 5. The Labute approximate surface area is 116 Å². The van der Waals surface area contributed by atoms with Gasteiger partial charge in [-0.15, -0.1) is 0 Å². The minimum atomic E-state index is -0.503. The van der Waals surface area contributed by atoms with Gasteiger partial charge in [-0.25, -0.2) is 4.79 Å². The first-order valence-electron chi connectivity index (χ1n) is 6.04. The molecule has 20 heavy (non-hydrogen) atoms. The molecule has 1 aliphatic rings. The summed E-state index contributed by atoms with van der Waals surface area (Å²) in [4.78, 5) is 23.3. The van der Waals surface area contributed by atoms with Gasteiger partial charge in [-0.2, -0.15) is 0 Å². The normalized spacial score (nSPS) is 17.1. The van der Waals surface area contributed by atoms with E-state index in [1.54, 1.807) is 11.1 Å². The highest BCUT2D eigenvalue weighted by atomic mass is 16.6. The second-order valence-corrected chi connectivity index (χ2v) is 4.26. The number of benzene rings is 1. The van der Waals surface area contributed by atoms with Crippen molar-refractivity contribution in [2.75, 3.05) is 13.7 Å². The van der Waals surface area contributed by atoms with Crippen molar-refractivity contribution in [2.24, 2.45) is 0 Å². The Bertz CT molecular complexity index is 580. The number of ether oxygens (including phenoxy) is 1. The van der Waals surface area contributed by atoms with E-state index >= 15 is 0 Å². The number of methoxy groups -OCH3 is 1. The van der Waals surface area contributed by atoms with E-state index in [2.05, 4.69) is 4.74 Å². The highest BCUT2D eigenvalue weighted by Gasteiger charge is 2.26. The molecule has 1 unspecified atom stereocenters. The van der Waals surface area contributed by atoms with Crippen LogP contribution >= 0.6 is 0 Å². The van der Waals surface area contributed by atoms with Crippen LogP contribution in [0.4, 0.5) is 0 Å². The number of nitrogens with zero attached hydrogens (tertiary/aromatic N) is 2. The molecule has 0 radical (unpaired) electrons. The van der Waals surface area contributed by atoms with Crippen LogP contribution in [0, 0.1) is 10.1 Å². The summed E-state index contributed by atoms with van der Waals surface area (Å²) in [5, 5.41) is 10.9. The van der Waals surface area contributed by atoms with Crippen LogP contribution in [0.5, 0.6) is 0 Å². The molecule has 1 atom stereocenters. The van der Waals surface area contributed by atoms with E-state index in [0.29, 0.717) is 0 Å². The number of carbonyl (C=O) groups is 1. The summed E-state index contributed by atoms with van der Waals surface area (Å²) in [7, 11) is 1.28. The van der Waals surface area contributed by atoms with Gasteiger partial charge < -0.3 is 9.64 Å². The van der Waals surface area contributed by atoms with Crippen LogP contribution in [-0.2, 0) is 9.53 Å². The topological polar surface area (TPSA) is 72.7 Å². The van der Waals surface area contributed by atoms with Crippen LogP contribution in [0.25, 0.3) is 6.08 Å². The van der Waals surface area contributed by atoms with Gasteiger partial charge in [0.15, 0.2) is 0 Å². The van der Waals surface area contributed by atoms with Crippen LogP contribution in [0.3, 0.4) is 0 Å². The van der Waals surface area contributed by atoms with Crippen molar-refractivity contribution in [2.45, 2.75) is 6.04 Å². The smallest absolute Gasteiger partial charge is 0.331 e. The SMILES string of the molecule is COC(=O)/C=C/N1C=Cc2ccccc2C1C[N+](=O)[O-]. The molecule has 0 aromatic heterocycles. The van der Waals surface area contributed by atoms with Gasteiger partial charge in [-0.3, -0.25) is 10.1 Å². The van der Waals surface area contributed by atoms with Gasteiger partial charge in [-0.1, -0.05) is 24.3 Å². The quantitative estimate of drug-likeness (QED) is 0.363. The van der Waals surface area contributed by atoms with Crippen LogP contribution < -0.4 is 0 Å². The molecule has 104 valence electrons. The zero-order chi connectivity index (χ0) is 14.5. The first-order chi connectivity index (χ1) is 9.61. The summed E-state index contributed by atoms with van der Waals surface area (Å²) in [5.41, 5.74) is 1.81. The fraction of sp³-hybridized carbons (Fsp3) is 0.214. The van der Waals surface area contributed by atoms with Gasteiger partial charge in [0, 0.05) is 23.4 Å². The molecule has 1 heterocycles. The van der Waals surface area contributed by atoms with Crippen molar-refractivity contribution < 1.29 is 14.5 Å². The van der Waals surface area contributed by atoms with Crippen molar-refractivity contribution in [3.8, 4) is 0 Å². The average Bonchev–Trinajstić information content (AvgIpc) is 2.45. The highest BCUT2D eigenvalue weighted by molar-refractivity contribution is 5.81. The predicted octanol–water partition coefficient (Wildman–Crippen LogP) is 1.98. The van der Waals surface area contributed by atoms with Gasteiger partial charge >= 0.3 is 5.97 Å². The first kappa shape index (κ1) is 13.8. The van der Waals surface area contributed by atoms with Crippen LogP contribution in [0.1, 0.15) is 17.2 Å². The summed E-state index contributed by atoms with van der Waals surface area (Å²) in [6.07, 6.45) is 6.31. The lowest BCUT2D eigenvalue weighted by atomic mass is 9.96. The molecule has 1 aromatic carbocycles. The molecule has 0 aliphatic carbocycles. The maximum absolute atomic E-state index is 11.1. The largest absolute Gasteiger partial charge is 0.466 e. The first-order valence-corrected chi connectivity index (χ1v) is 6.04. The van der Waals surface area contributed by atoms with Crippen molar-refractivity contribution >= 4 is 12.0 Å². The molecule has 0 fully saturated rings. The van der Waals surface area contributed by atoms with Gasteiger partial charge in [0.05, 0.1) is 7.11 Å². The summed E-state index contributed by atoms with van der Waals surface area (Å²) in [5.74, 6) is -0.503. The average molecular weight is 274 g/mol. The van der Waals surface area contributed by atoms with Gasteiger partial charge in [0.1, 0.15) is 6.04 Å². The second kappa shape index (κ2) is 6.01. The molecule has 6 heteroatoms. The number of fused-ring (bicyclic) bond motifs is 1. The summed E-state index contributed by atoms with van der Waals surface area (Å²) in [6.45, 7) is -0.243. The minimum absolute atomic E-state index is 0.243. The van der Waals surface area contributed by atoms with E-state index in [1.165, 1.54) is 19.4 Å². The lowest BCUT2D eigenvalue weighted by Crippen LogP contribution is -2.28. The molecular formula is C14H14N2O4. The van der Waals surface area contributed by atoms with E-state index in [4.69, 9.17) is 0 Å². The molecule has 0 saturated carbocycles. The molecular weight excluding hydrogens is 260 g/mol. The van der Waals surface area contributed by atoms with E-state index in [0.717, 1.165) is 11.1 Å². The van der Waals surface area contributed by atoms with Crippen molar-refractivity contribution in [3.05, 3.63) is 64.0 Å². The maximum Gasteiger partial charge on any atom is 0.331 e. The fourth-order valence-electron chi connectivity index (χ4n) is 2.10. The van der Waals surface area contributed by atoms with E-state index in [1.807, 2.05) is 30.3 Å². The number of esters is 1. The number of rotatable bonds is 4. The van der Waals surface area contributed by atoms with E-state index < -0.39 is 12.0 Å². The number of carbonyl (C=O) groups excluding carboxylic acids is 1. The molecule has 0 amide bonds. The molecule has 1 aliphatic heterocycles. The Morgan fingerprint density at radius 3 is 2.95 bits per heavy atom. The molecule has 0 saturated heterocycles. The Morgan fingerprint density at radius 2 is 2.25 bits per heavy atom. The fourth-order valence-corrected chi connectivity index (χ4v) is 2.10. The summed E-state index contributed by atoms with van der Waals surface area (Å²) < 4.78 is 4.52. The molecule has 0 bridgehead atoms. The number of hydrogen-bond donors (Lipinski definition) is 0. The van der Waals surface area contributed by atoms with Gasteiger partial charge in [0.25, 0.3) is 0 Å². The van der Waals surface area contributed by atoms with E-state index in [-0.39, 0.29) is 11.5 Å². The van der Waals surface area contributed by atoms with Gasteiger partial charge in [0.2, 0.25) is 6.54 Å². The van der Waals surface area contributed by atoms with Gasteiger partial charge in [-0.05, 0) is 17.2 Å². The van der Waals surface area contributed by atoms with Crippen molar-refractivity contribution in [1.82, 2.24) is 4.90 Å². The Morgan fingerprint density at radius 1 is 1.50 bits per heavy atom. The van der Waals surface area contributed by atoms with Crippen molar-refractivity contribution in [3.63, 3.8) is 0 Å². The molecule has 0 N–H and O–H groups in total. The Hall–Kier alpha value is -2.63. The third-order valence-corrected chi connectivity index (χ3v) is 3.05.